The predicted octanol–water partition coefficient (Wildman–Crippen LogP) is 5.45. The zero-order valence-electron chi connectivity index (χ0n) is 26.8. The molecule has 0 spiro atoms. The van der Waals surface area contributed by atoms with Crippen molar-refractivity contribution in [1.29, 1.82) is 0 Å². The zero-order chi connectivity index (χ0) is 35.9. The molecule has 0 bridgehead atoms. The van der Waals surface area contributed by atoms with E-state index in [9.17, 15) is 41.7 Å². The van der Waals surface area contributed by atoms with Crippen LogP contribution in [0.3, 0.4) is 0 Å². The van der Waals surface area contributed by atoms with Crippen molar-refractivity contribution in [2.24, 2.45) is 0 Å². The second-order valence-corrected chi connectivity index (χ2v) is 12.7. The van der Waals surface area contributed by atoms with E-state index in [1.165, 1.54) is 69.3 Å². The van der Waals surface area contributed by atoms with Gasteiger partial charge in [0.15, 0.2) is 0 Å². The molecule has 0 aliphatic carbocycles. The summed E-state index contributed by atoms with van der Waals surface area (Å²) >= 11 is 0. The number of hydrogen-bond acceptors (Lipinski definition) is 11. The summed E-state index contributed by atoms with van der Waals surface area (Å²) in [5.41, 5.74) is 2.39. The van der Waals surface area contributed by atoms with E-state index in [4.69, 9.17) is 9.47 Å². The van der Waals surface area contributed by atoms with Gasteiger partial charge in [-0.05, 0) is 85.0 Å². The van der Waals surface area contributed by atoms with Gasteiger partial charge in [-0.3, -0.25) is 28.8 Å². The second kappa shape index (κ2) is 15.5. The molecule has 12 heteroatoms. The van der Waals surface area contributed by atoms with Gasteiger partial charge < -0.3 is 14.0 Å². The third kappa shape index (κ3) is 10.2. The van der Waals surface area contributed by atoms with E-state index < -0.39 is 39.8 Å². The van der Waals surface area contributed by atoms with Crippen LogP contribution in [-0.2, 0) is 45.3 Å². The van der Waals surface area contributed by atoms with Crippen LogP contribution in [0.5, 0.6) is 11.5 Å². The summed E-state index contributed by atoms with van der Waals surface area (Å²) in [6.07, 6.45) is -1.04. The fourth-order valence-corrected chi connectivity index (χ4v) is 5.92. The molecule has 0 heterocycles. The van der Waals surface area contributed by atoms with Crippen molar-refractivity contribution in [3.05, 3.63) is 90.5 Å². The summed E-state index contributed by atoms with van der Waals surface area (Å²) in [6, 6.07) is 21.4. The molecular formula is C37H31O11S-. The van der Waals surface area contributed by atoms with Crippen LogP contribution >= 0.6 is 0 Å². The lowest BCUT2D eigenvalue weighted by molar-refractivity contribution is -0.139. The zero-order valence-corrected chi connectivity index (χ0v) is 27.6. The van der Waals surface area contributed by atoms with Crippen LogP contribution in [-0.4, -0.2) is 48.0 Å². The fraction of sp³-hybridized carbons (Fsp3) is 0.189. The Morgan fingerprint density at radius 2 is 0.939 bits per heavy atom. The van der Waals surface area contributed by atoms with Crippen LogP contribution in [0.4, 0.5) is 0 Å². The maximum Gasteiger partial charge on any atom is 0.318 e. The van der Waals surface area contributed by atoms with Crippen molar-refractivity contribution >= 4 is 45.2 Å². The molecule has 252 valence electrons. The van der Waals surface area contributed by atoms with Gasteiger partial charge >= 0.3 is 11.9 Å². The van der Waals surface area contributed by atoms with E-state index >= 15 is 0 Å². The summed E-state index contributed by atoms with van der Waals surface area (Å²) in [7, 11) is -5.12. The number of benzene rings is 4. The highest BCUT2D eigenvalue weighted by atomic mass is 32.2. The van der Waals surface area contributed by atoms with Gasteiger partial charge in [0.25, 0.3) is 0 Å². The molecule has 0 aliphatic heterocycles. The van der Waals surface area contributed by atoms with E-state index in [-0.39, 0.29) is 58.6 Å². The number of Topliss-reactive ketones (excluding diaryl/α,β-unsaturated/α-hetero) is 4. The van der Waals surface area contributed by atoms with Gasteiger partial charge in [-0.2, -0.15) is 0 Å². The first kappa shape index (κ1) is 36.2. The van der Waals surface area contributed by atoms with Crippen LogP contribution in [0.2, 0.25) is 0 Å². The Hall–Kier alpha value is -5.59. The molecule has 0 atom stereocenters. The molecule has 0 N–H and O–H groups in total. The van der Waals surface area contributed by atoms with Gasteiger partial charge in [0.1, 0.15) is 57.6 Å². The highest BCUT2D eigenvalue weighted by Crippen LogP contribution is 2.41. The Kier molecular flexibility index (Phi) is 11.5. The Morgan fingerprint density at radius 1 is 0.551 bits per heavy atom. The van der Waals surface area contributed by atoms with Gasteiger partial charge in [-0.1, -0.05) is 48.5 Å². The maximum atomic E-state index is 12.9. The van der Waals surface area contributed by atoms with E-state index in [2.05, 4.69) is 0 Å². The van der Waals surface area contributed by atoms with E-state index in [0.29, 0.717) is 27.8 Å². The molecule has 49 heavy (non-hydrogen) atoms. The summed E-state index contributed by atoms with van der Waals surface area (Å²) in [5, 5.41) is 0. The molecule has 0 saturated heterocycles. The number of hydrogen-bond donors (Lipinski definition) is 0. The predicted molar refractivity (Wildman–Crippen MR) is 177 cm³/mol. The van der Waals surface area contributed by atoms with Crippen LogP contribution < -0.4 is 9.47 Å². The standard InChI is InChI=1S/C37H32O11S/c1-22(38)16-30(41)19-25-4-6-27(7-5-25)33-20-29(26-8-12-31(13-9-26)47-35(42)17-23(2)39)21-34(37(33)49(44,45)46)28-10-14-32(15-11-28)48-36(43)18-24(3)40/h4-15,20-21H,16-19H2,1-3H3,(H,44,45,46)/p-1. The first-order valence-electron chi connectivity index (χ1n) is 14.9. The third-order valence-electron chi connectivity index (χ3n) is 7.05. The highest BCUT2D eigenvalue weighted by molar-refractivity contribution is 7.86. The minimum absolute atomic E-state index is 0.00939. The van der Waals surface area contributed by atoms with Gasteiger partial charge in [0.05, 0.1) is 11.3 Å². The summed E-state index contributed by atoms with van der Waals surface area (Å²) in [5.74, 6) is -2.49. The average Bonchev–Trinajstić information content (AvgIpc) is 3.00. The molecule has 0 fully saturated rings. The Morgan fingerprint density at radius 3 is 1.33 bits per heavy atom. The quantitative estimate of drug-likeness (QED) is 0.0714. The van der Waals surface area contributed by atoms with Crippen molar-refractivity contribution in [2.45, 2.75) is 51.3 Å². The van der Waals surface area contributed by atoms with E-state index in [1.807, 2.05) is 0 Å². The highest BCUT2D eigenvalue weighted by Gasteiger charge is 2.21. The SMILES string of the molecule is CC(=O)CC(=O)Cc1ccc(-c2cc(-c3ccc(OC(=O)CC(C)=O)cc3)cc(-c3ccc(OC(=O)CC(C)=O)cc3)c2S(=O)(=O)[O-])cc1. The monoisotopic (exact) mass is 683 g/mol. The number of esters is 2. The lowest BCUT2D eigenvalue weighted by Crippen LogP contribution is -2.11. The summed E-state index contributed by atoms with van der Waals surface area (Å²) in [6.45, 7) is 3.83. The topological polar surface area (TPSA) is 178 Å². The Labute approximate surface area is 282 Å². The fourth-order valence-electron chi connectivity index (χ4n) is 5.02. The molecule has 11 nitrogen and oxygen atoms in total. The van der Waals surface area contributed by atoms with Crippen LogP contribution in [0.1, 0.15) is 45.6 Å². The third-order valence-corrected chi connectivity index (χ3v) is 7.99. The van der Waals surface area contributed by atoms with Crippen molar-refractivity contribution < 1.29 is 51.2 Å². The summed E-state index contributed by atoms with van der Waals surface area (Å²) in [4.78, 5) is 69.5. The van der Waals surface area contributed by atoms with Crippen molar-refractivity contribution in [3.63, 3.8) is 0 Å². The maximum absolute atomic E-state index is 12.9. The molecule has 0 unspecified atom stereocenters. The van der Waals surface area contributed by atoms with E-state index in [1.54, 1.807) is 36.4 Å². The lowest BCUT2D eigenvalue weighted by atomic mass is 9.92. The molecule has 0 aromatic heterocycles. The first-order chi connectivity index (χ1) is 23.1. The van der Waals surface area contributed by atoms with Gasteiger partial charge in [-0.25, -0.2) is 8.42 Å². The Bertz CT molecular complexity index is 1950. The van der Waals surface area contributed by atoms with Crippen LogP contribution in [0.15, 0.2) is 89.8 Å². The van der Waals surface area contributed by atoms with Gasteiger partial charge in [-0.15, -0.1) is 0 Å². The number of ketones is 4. The molecule has 0 radical (unpaired) electrons. The first-order valence-corrected chi connectivity index (χ1v) is 16.4. The van der Waals surface area contributed by atoms with Crippen molar-refractivity contribution in [1.82, 2.24) is 0 Å². The molecule has 4 rings (SSSR count). The molecule has 0 saturated carbocycles. The molecule has 4 aromatic carbocycles. The molecular weight excluding hydrogens is 652 g/mol. The van der Waals surface area contributed by atoms with Gasteiger partial charge in [0, 0.05) is 17.5 Å². The lowest BCUT2D eigenvalue weighted by Gasteiger charge is -2.21. The number of rotatable bonds is 14. The molecule has 4 aromatic rings. The average molecular weight is 684 g/mol. The number of carbonyl (C=O) groups is 6. The molecule has 0 amide bonds. The van der Waals surface area contributed by atoms with Crippen LogP contribution in [0.25, 0.3) is 33.4 Å². The smallest absolute Gasteiger partial charge is 0.318 e. The summed E-state index contributed by atoms with van der Waals surface area (Å²) < 4.78 is 49.1. The number of carbonyl (C=O) groups excluding carboxylic acids is 6. The van der Waals surface area contributed by atoms with Crippen molar-refractivity contribution in [2.75, 3.05) is 0 Å². The minimum Gasteiger partial charge on any atom is -0.744 e. The van der Waals surface area contributed by atoms with E-state index in [0.717, 1.165) is 0 Å². The number of ether oxygens (including phenoxy) is 2. The van der Waals surface area contributed by atoms with Gasteiger partial charge in [0.2, 0.25) is 0 Å². The second-order valence-electron chi connectivity index (χ2n) is 11.4. The minimum atomic E-state index is -5.12. The van der Waals surface area contributed by atoms with Crippen molar-refractivity contribution in [3.8, 4) is 44.9 Å². The Balaban J connectivity index is 1.83. The largest absolute Gasteiger partial charge is 0.744 e. The van der Waals surface area contributed by atoms with Crippen LogP contribution in [0, 0.1) is 0 Å². The normalized spacial score (nSPS) is 11.0. The molecule has 0 aliphatic rings.